The number of methoxy groups -OCH3 is 2. The molecule has 116 valence electrons. The highest BCUT2D eigenvalue weighted by molar-refractivity contribution is 6.01. The number of para-hydroxylation sites is 1. The maximum absolute atomic E-state index is 12.2. The molecule has 2 amide bonds. The van der Waals surface area contributed by atoms with E-state index in [-0.39, 0.29) is 6.03 Å². The van der Waals surface area contributed by atoms with Crippen LogP contribution in [-0.4, -0.2) is 20.3 Å². The van der Waals surface area contributed by atoms with Gasteiger partial charge in [0.05, 0.1) is 14.2 Å². The largest absolute Gasteiger partial charge is 0.494 e. The zero-order valence-electron chi connectivity index (χ0n) is 13.2. The molecule has 0 aliphatic rings. The summed E-state index contributed by atoms with van der Waals surface area (Å²) in [7, 11) is 3.09. The van der Waals surface area contributed by atoms with Crippen LogP contribution in [0.2, 0.25) is 0 Å². The summed E-state index contributed by atoms with van der Waals surface area (Å²) in [5, 5.41) is 5.58. The monoisotopic (exact) mass is 300 g/mol. The number of ether oxygens (including phenoxy) is 2. The fourth-order valence-electron chi connectivity index (χ4n) is 2.30. The molecule has 0 bridgehead atoms. The van der Waals surface area contributed by atoms with Crippen molar-refractivity contribution < 1.29 is 14.3 Å². The average Bonchev–Trinajstić information content (AvgIpc) is 2.46. The molecule has 5 nitrogen and oxygen atoms in total. The molecule has 2 rings (SSSR count). The van der Waals surface area contributed by atoms with E-state index in [1.54, 1.807) is 32.4 Å². The highest BCUT2D eigenvalue weighted by Crippen LogP contribution is 2.34. The Morgan fingerprint density at radius 3 is 1.95 bits per heavy atom. The molecule has 0 saturated heterocycles. The van der Waals surface area contributed by atoms with Gasteiger partial charge in [0.15, 0.2) is 0 Å². The number of rotatable bonds is 4. The normalized spacial score (nSPS) is 10.0. The number of aryl methyl sites for hydroxylation is 2. The standard InChI is InChI=1S/C17H20N2O3/c1-11-8-12(2)10-13(9-11)18-17(20)19-16-14(21-3)6-5-7-15(16)22-4/h5-10H,1-4H3,(H2,18,19,20). The number of hydrogen-bond donors (Lipinski definition) is 2. The van der Waals surface area contributed by atoms with Gasteiger partial charge in [0.25, 0.3) is 0 Å². The Morgan fingerprint density at radius 2 is 1.45 bits per heavy atom. The van der Waals surface area contributed by atoms with Crippen molar-refractivity contribution in [3.05, 3.63) is 47.5 Å². The van der Waals surface area contributed by atoms with Crippen LogP contribution in [-0.2, 0) is 0 Å². The van der Waals surface area contributed by atoms with E-state index in [1.165, 1.54) is 0 Å². The summed E-state index contributed by atoms with van der Waals surface area (Å²) in [6, 6.07) is 10.8. The molecule has 0 fully saturated rings. The molecular formula is C17H20N2O3. The maximum Gasteiger partial charge on any atom is 0.323 e. The van der Waals surface area contributed by atoms with E-state index in [0.717, 1.165) is 16.8 Å². The van der Waals surface area contributed by atoms with E-state index in [9.17, 15) is 4.79 Å². The van der Waals surface area contributed by atoms with Crippen LogP contribution in [0.15, 0.2) is 36.4 Å². The lowest BCUT2D eigenvalue weighted by molar-refractivity contribution is 0.262. The number of nitrogens with one attached hydrogen (secondary N) is 2. The van der Waals surface area contributed by atoms with Crippen LogP contribution in [0.25, 0.3) is 0 Å². The van der Waals surface area contributed by atoms with Gasteiger partial charge in [-0.15, -0.1) is 0 Å². The molecule has 0 spiro atoms. The third-order valence-corrected chi connectivity index (χ3v) is 3.15. The smallest absolute Gasteiger partial charge is 0.323 e. The Morgan fingerprint density at radius 1 is 0.909 bits per heavy atom. The number of benzene rings is 2. The summed E-state index contributed by atoms with van der Waals surface area (Å²) in [5.41, 5.74) is 3.41. The second-order valence-electron chi connectivity index (χ2n) is 4.99. The topological polar surface area (TPSA) is 59.6 Å². The minimum Gasteiger partial charge on any atom is -0.494 e. The van der Waals surface area contributed by atoms with Crippen molar-refractivity contribution in [3.63, 3.8) is 0 Å². The minimum absolute atomic E-state index is 0.354. The van der Waals surface area contributed by atoms with Crippen molar-refractivity contribution in [1.82, 2.24) is 0 Å². The Bertz CT molecular complexity index is 641. The maximum atomic E-state index is 12.2. The first-order valence-corrected chi connectivity index (χ1v) is 6.90. The van der Waals surface area contributed by atoms with Crippen molar-refractivity contribution >= 4 is 17.4 Å². The van der Waals surface area contributed by atoms with Crippen LogP contribution >= 0.6 is 0 Å². The average molecular weight is 300 g/mol. The van der Waals surface area contributed by atoms with Crippen molar-refractivity contribution in [2.24, 2.45) is 0 Å². The van der Waals surface area contributed by atoms with E-state index in [2.05, 4.69) is 10.6 Å². The van der Waals surface area contributed by atoms with Crippen molar-refractivity contribution in [3.8, 4) is 11.5 Å². The van der Waals surface area contributed by atoms with Crippen LogP contribution in [0.1, 0.15) is 11.1 Å². The first-order chi connectivity index (χ1) is 10.5. The summed E-state index contributed by atoms with van der Waals surface area (Å²) in [6.07, 6.45) is 0. The zero-order chi connectivity index (χ0) is 16.1. The number of amides is 2. The molecule has 5 heteroatoms. The van der Waals surface area contributed by atoms with Gasteiger partial charge in [-0.25, -0.2) is 4.79 Å². The molecule has 2 aromatic carbocycles. The summed E-state index contributed by atoms with van der Waals surface area (Å²) in [5.74, 6) is 1.07. The Labute approximate surface area is 130 Å². The lowest BCUT2D eigenvalue weighted by atomic mass is 10.1. The number of anilines is 2. The van der Waals surface area contributed by atoms with Crippen molar-refractivity contribution in [2.45, 2.75) is 13.8 Å². The van der Waals surface area contributed by atoms with Crippen molar-refractivity contribution in [2.75, 3.05) is 24.9 Å². The predicted octanol–water partition coefficient (Wildman–Crippen LogP) is 3.96. The quantitative estimate of drug-likeness (QED) is 0.898. The van der Waals surface area contributed by atoms with Gasteiger partial charge in [-0.3, -0.25) is 0 Å². The fraction of sp³-hybridized carbons (Fsp3) is 0.235. The van der Waals surface area contributed by atoms with Crippen molar-refractivity contribution in [1.29, 1.82) is 0 Å². The summed E-state index contributed by atoms with van der Waals surface area (Å²) in [4.78, 5) is 12.2. The summed E-state index contributed by atoms with van der Waals surface area (Å²) < 4.78 is 10.5. The number of hydrogen-bond acceptors (Lipinski definition) is 3. The number of urea groups is 1. The van der Waals surface area contributed by atoms with Gasteiger partial charge in [-0.05, 0) is 49.2 Å². The van der Waals surface area contributed by atoms with E-state index >= 15 is 0 Å². The van der Waals surface area contributed by atoms with Crippen LogP contribution in [0.3, 0.4) is 0 Å². The highest BCUT2D eigenvalue weighted by Gasteiger charge is 2.13. The minimum atomic E-state index is -0.354. The van der Waals surface area contributed by atoms with Gasteiger partial charge in [0.1, 0.15) is 17.2 Å². The Hall–Kier alpha value is -2.69. The molecule has 0 unspecified atom stereocenters. The lowest BCUT2D eigenvalue weighted by Gasteiger charge is -2.14. The van der Waals surface area contributed by atoms with E-state index in [0.29, 0.717) is 17.2 Å². The van der Waals surface area contributed by atoms with Crippen LogP contribution in [0.4, 0.5) is 16.2 Å². The van der Waals surface area contributed by atoms with Gasteiger partial charge < -0.3 is 20.1 Å². The molecule has 0 atom stereocenters. The SMILES string of the molecule is COc1cccc(OC)c1NC(=O)Nc1cc(C)cc(C)c1. The molecule has 0 aliphatic carbocycles. The molecule has 2 aromatic rings. The van der Waals surface area contributed by atoms with Crippen LogP contribution in [0.5, 0.6) is 11.5 Å². The van der Waals surface area contributed by atoms with E-state index in [4.69, 9.17) is 9.47 Å². The van der Waals surface area contributed by atoms with Gasteiger partial charge in [-0.1, -0.05) is 12.1 Å². The predicted molar refractivity (Wildman–Crippen MR) is 88.1 cm³/mol. The second kappa shape index (κ2) is 6.85. The Kier molecular flexibility index (Phi) is 4.88. The summed E-state index contributed by atoms with van der Waals surface area (Å²) in [6.45, 7) is 3.97. The molecule has 0 aromatic heterocycles. The lowest BCUT2D eigenvalue weighted by Crippen LogP contribution is -2.20. The molecular weight excluding hydrogens is 280 g/mol. The van der Waals surface area contributed by atoms with Gasteiger partial charge >= 0.3 is 6.03 Å². The first-order valence-electron chi connectivity index (χ1n) is 6.90. The molecule has 0 heterocycles. The van der Waals surface area contributed by atoms with Gasteiger partial charge in [0.2, 0.25) is 0 Å². The third-order valence-electron chi connectivity index (χ3n) is 3.15. The summed E-state index contributed by atoms with van der Waals surface area (Å²) >= 11 is 0. The Balaban J connectivity index is 2.18. The third kappa shape index (κ3) is 3.69. The molecule has 22 heavy (non-hydrogen) atoms. The zero-order valence-corrected chi connectivity index (χ0v) is 13.2. The van der Waals surface area contributed by atoms with E-state index < -0.39 is 0 Å². The molecule has 2 N–H and O–H groups in total. The molecule has 0 aliphatic heterocycles. The number of carbonyl (C=O) groups is 1. The molecule has 0 saturated carbocycles. The second-order valence-corrected chi connectivity index (χ2v) is 4.99. The van der Waals surface area contributed by atoms with Crippen LogP contribution in [0, 0.1) is 13.8 Å². The highest BCUT2D eigenvalue weighted by atomic mass is 16.5. The van der Waals surface area contributed by atoms with Gasteiger partial charge in [0, 0.05) is 5.69 Å². The van der Waals surface area contributed by atoms with Gasteiger partial charge in [-0.2, -0.15) is 0 Å². The fourth-order valence-corrected chi connectivity index (χ4v) is 2.30. The van der Waals surface area contributed by atoms with Crippen LogP contribution < -0.4 is 20.1 Å². The molecule has 0 radical (unpaired) electrons. The number of carbonyl (C=O) groups excluding carboxylic acids is 1. The van der Waals surface area contributed by atoms with E-state index in [1.807, 2.05) is 32.0 Å². The first kappa shape index (κ1) is 15.7.